The molecule has 84 valence electrons. The molecule has 0 unspecified atom stereocenters. The lowest BCUT2D eigenvalue weighted by Crippen LogP contribution is -2.00. The molecular formula is C12H4BrN5. The van der Waals surface area contributed by atoms with E-state index >= 15 is 0 Å². The van der Waals surface area contributed by atoms with Crippen LogP contribution in [0, 0.1) is 45.3 Å². The highest BCUT2D eigenvalue weighted by molar-refractivity contribution is 9.10. The summed E-state index contributed by atoms with van der Waals surface area (Å²) in [7, 11) is 0. The van der Waals surface area contributed by atoms with E-state index in [0.29, 0.717) is 15.7 Å². The molecule has 0 radical (unpaired) electrons. The van der Waals surface area contributed by atoms with E-state index in [-0.39, 0.29) is 11.3 Å². The molecule has 1 aromatic rings. The molecule has 0 saturated heterocycles. The van der Waals surface area contributed by atoms with E-state index < -0.39 is 0 Å². The maximum Gasteiger partial charge on any atom is 0.163 e. The molecule has 0 bridgehead atoms. The number of hydrogen-bond donors (Lipinski definition) is 1. The number of nitrogens with zero attached hydrogens (tertiary/aromatic N) is 4. The summed E-state index contributed by atoms with van der Waals surface area (Å²) in [5.74, 6) is 0. The fourth-order valence-corrected chi connectivity index (χ4v) is 1.45. The van der Waals surface area contributed by atoms with E-state index in [0.717, 1.165) is 0 Å². The Labute approximate surface area is 112 Å². The van der Waals surface area contributed by atoms with Crippen LogP contribution in [0.5, 0.6) is 0 Å². The van der Waals surface area contributed by atoms with Crippen LogP contribution in [-0.2, 0) is 0 Å². The van der Waals surface area contributed by atoms with Gasteiger partial charge in [0.1, 0.15) is 30.0 Å². The normalized spacial score (nSPS) is 8.06. The Morgan fingerprint density at radius 2 is 1.72 bits per heavy atom. The van der Waals surface area contributed by atoms with Crippen LogP contribution >= 0.6 is 15.9 Å². The van der Waals surface area contributed by atoms with E-state index in [4.69, 9.17) is 21.0 Å². The SMILES string of the molecule is N#CC(C#N)=C(C#N)Nc1ccc(Br)c(C#N)c1. The molecule has 5 nitrogen and oxygen atoms in total. The van der Waals surface area contributed by atoms with Crippen molar-refractivity contribution >= 4 is 21.6 Å². The fraction of sp³-hybridized carbons (Fsp3) is 0. The predicted octanol–water partition coefficient (Wildman–Crippen LogP) is 2.56. The zero-order chi connectivity index (χ0) is 13.5. The minimum absolute atomic E-state index is 0.147. The number of anilines is 1. The fourth-order valence-electron chi connectivity index (χ4n) is 1.12. The average Bonchev–Trinajstić information content (AvgIpc) is 2.40. The first kappa shape index (κ1) is 13.3. The van der Waals surface area contributed by atoms with Crippen LogP contribution in [-0.4, -0.2) is 0 Å². The van der Waals surface area contributed by atoms with Crippen molar-refractivity contribution in [3.05, 3.63) is 39.5 Å². The molecule has 1 rings (SSSR count). The van der Waals surface area contributed by atoms with Crippen molar-refractivity contribution in [2.24, 2.45) is 0 Å². The molecule has 0 aliphatic carbocycles. The predicted molar refractivity (Wildman–Crippen MR) is 66.3 cm³/mol. The molecule has 0 spiro atoms. The maximum atomic E-state index is 8.85. The Kier molecular flexibility index (Phi) is 4.47. The summed E-state index contributed by atoms with van der Waals surface area (Å²) in [6, 6.07) is 11.7. The molecule has 0 atom stereocenters. The molecule has 0 aromatic heterocycles. The average molecular weight is 298 g/mol. The second-order valence-electron chi connectivity index (χ2n) is 3.02. The largest absolute Gasteiger partial charge is 0.345 e. The van der Waals surface area contributed by atoms with E-state index in [1.807, 2.05) is 6.07 Å². The van der Waals surface area contributed by atoms with Crippen LogP contribution < -0.4 is 5.32 Å². The summed E-state index contributed by atoms with van der Waals surface area (Å²) in [6.45, 7) is 0. The Morgan fingerprint density at radius 1 is 1.06 bits per heavy atom. The number of nitriles is 4. The second-order valence-corrected chi connectivity index (χ2v) is 3.87. The molecule has 0 fully saturated rings. The van der Waals surface area contributed by atoms with Gasteiger partial charge in [-0.2, -0.15) is 21.0 Å². The third-order valence-electron chi connectivity index (χ3n) is 1.94. The number of rotatable bonds is 2. The lowest BCUT2D eigenvalue weighted by Gasteiger charge is -2.05. The van der Waals surface area contributed by atoms with Gasteiger partial charge in [0.15, 0.2) is 5.57 Å². The van der Waals surface area contributed by atoms with Crippen molar-refractivity contribution in [3.63, 3.8) is 0 Å². The molecular weight excluding hydrogens is 294 g/mol. The Balaban J connectivity index is 3.19. The van der Waals surface area contributed by atoms with Gasteiger partial charge in [-0.1, -0.05) is 0 Å². The van der Waals surface area contributed by atoms with Crippen molar-refractivity contribution in [3.8, 4) is 24.3 Å². The molecule has 0 aliphatic rings. The van der Waals surface area contributed by atoms with Gasteiger partial charge in [0, 0.05) is 10.2 Å². The second kappa shape index (κ2) is 6.06. The standard InChI is InChI=1S/C12H4BrN5/c13-11-2-1-10(3-8(11)4-14)18-12(7-17)9(5-15)6-16/h1-3,18H. The minimum Gasteiger partial charge on any atom is -0.345 e. The minimum atomic E-state index is -0.307. The first-order valence-electron chi connectivity index (χ1n) is 4.57. The highest BCUT2D eigenvalue weighted by Gasteiger charge is 2.07. The number of hydrogen-bond acceptors (Lipinski definition) is 5. The van der Waals surface area contributed by atoms with E-state index in [9.17, 15) is 0 Å². The van der Waals surface area contributed by atoms with Gasteiger partial charge in [0.2, 0.25) is 0 Å². The molecule has 0 saturated carbocycles. The number of allylic oxidation sites excluding steroid dienone is 2. The summed E-state index contributed by atoms with van der Waals surface area (Å²) in [6.07, 6.45) is 0. The number of nitrogens with one attached hydrogen (secondary N) is 1. The summed E-state index contributed by atoms with van der Waals surface area (Å²) in [5, 5.41) is 37.7. The summed E-state index contributed by atoms with van der Waals surface area (Å²) in [4.78, 5) is 0. The van der Waals surface area contributed by atoms with Gasteiger partial charge in [-0.15, -0.1) is 0 Å². The molecule has 0 amide bonds. The number of benzene rings is 1. The number of halogens is 1. The Morgan fingerprint density at radius 3 is 2.22 bits per heavy atom. The lowest BCUT2D eigenvalue weighted by molar-refractivity contribution is 1.36. The van der Waals surface area contributed by atoms with Crippen LogP contribution in [0.3, 0.4) is 0 Å². The quantitative estimate of drug-likeness (QED) is 0.844. The Hall–Kier alpha value is -2.80. The van der Waals surface area contributed by atoms with Gasteiger partial charge in [0.05, 0.1) is 5.56 Å². The zero-order valence-electron chi connectivity index (χ0n) is 8.90. The van der Waals surface area contributed by atoms with Crippen LogP contribution in [0.25, 0.3) is 0 Å². The van der Waals surface area contributed by atoms with E-state index in [2.05, 4.69) is 21.2 Å². The van der Waals surface area contributed by atoms with Gasteiger partial charge in [-0.25, -0.2) is 0 Å². The summed E-state index contributed by atoms with van der Waals surface area (Å²) < 4.78 is 0.624. The van der Waals surface area contributed by atoms with Gasteiger partial charge in [-0.3, -0.25) is 0 Å². The van der Waals surface area contributed by atoms with Crippen LogP contribution in [0.4, 0.5) is 5.69 Å². The highest BCUT2D eigenvalue weighted by atomic mass is 79.9. The Bertz CT molecular complexity index is 660. The zero-order valence-corrected chi connectivity index (χ0v) is 10.5. The van der Waals surface area contributed by atoms with Gasteiger partial charge < -0.3 is 5.32 Å². The molecule has 18 heavy (non-hydrogen) atoms. The third-order valence-corrected chi connectivity index (χ3v) is 2.63. The summed E-state index contributed by atoms with van der Waals surface area (Å²) >= 11 is 3.20. The smallest absolute Gasteiger partial charge is 0.163 e. The van der Waals surface area contributed by atoms with Crippen LogP contribution in [0.2, 0.25) is 0 Å². The maximum absolute atomic E-state index is 8.85. The molecule has 1 N–H and O–H groups in total. The van der Waals surface area contributed by atoms with Crippen molar-refractivity contribution in [2.45, 2.75) is 0 Å². The monoisotopic (exact) mass is 297 g/mol. The highest BCUT2D eigenvalue weighted by Crippen LogP contribution is 2.21. The van der Waals surface area contributed by atoms with Gasteiger partial charge >= 0.3 is 0 Å². The van der Waals surface area contributed by atoms with E-state index in [1.165, 1.54) is 6.07 Å². The van der Waals surface area contributed by atoms with Crippen molar-refractivity contribution in [1.29, 1.82) is 21.0 Å². The lowest BCUT2D eigenvalue weighted by atomic mass is 10.2. The molecule has 0 aliphatic heterocycles. The molecule has 0 heterocycles. The molecule has 1 aromatic carbocycles. The summed E-state index contributed by atoms with van der Waals surface area (Å²) in [5.41, 5.74) is 0.382. The first-order valence-corrected chi connectivity index (χ1v) is 5.36. The van der Waals surface area contributed by atoms with Crippen LogP contribution in [0.15, 0.2) is 33.9 Å². The molecule has 6 heteroatoms. The first-order chi connectivity index (χ1) is 8.65. The van der Waals surface area contributed by atoms with Gasteiger partial charge in [0.25, 0.3) is 0 Å². The van der Waals surface area contributed by atoms with Gasteiger partial charge in [-0.05, 0) is 34.1 Å². The van der Waals surface area contributed by atoms with Crippen LogP contribution in [0.1, 0.15) is 5.56 Å². The van der Waals surface area contributed by atoms with Crippen molar-refractivity contribution in [2.75, 3.05) is 5.32 Å². The third kappa shape index (κ3) is 2.86. The van der Waals surface area contributed by atoms with Crippen molar-refractivity contribution in [1.82, 2.24) is 0 Å². The van der Waals surface area contributed by atoms with Crippen molar-refractivity contribution < 1.29 is 0 Å². The topological polar surface area (TPSA) is 107 Å². The van der Waals surface area contributed by atoms with E-state index in [1.54, 1.807) is 30.3 Å².